The molecule has 2 aromatic rings. The van der Waals surface area contributed by atoms with Gasteiger partial charge in [-0.05, 0) is 51.0 Å². The molecule has 1 fully saturated rings. The molecular weight excluding hydrogens is 312 g/mol. The number of hydrogen-bond acceptors (Lipinski definition) is 2. The number of nitrogens with one attached hydrogen (secondary N) is 1. The van der Waals surface area contributed by atoms with Crippen LogP contribution >= 0.6 is 0 Å². The average Bonchev–Trinajstić information content (AvgIpc) is 2.63. The van der Waals surface area contributed by atoms with Gasteiger partial charge in [-0.3, -0.25) is 9.59 Å². The Labute approximate surface area is 148 Å². The van der Waals surface area contributed by atoms with Gasteiger partial charge in [-0.1, -0.05) is 35.4 Å². The molecule has 0 aliphatic carbocycles. The molecule has 0 spiro atoms. The van der Waals surface area contributed by atoms with E-state index in [0.29, 0.717) is 18.7 Å². The van der Waals surface area contributed by atoms with Gasteiger partial charge in [0.05, 0.1) is 5.92 Å². The molecule has 0 radical (unpaired) electrons. The van der Waals surface area contributed by atoms with Crippen LogP contribution in [-0.2, 0) is 4.79 Å². The van der Waals surface area contributed by atoms with Crippen molar-refractivity contribution < 1.29 is 9.59 Å². The van der Waals surface area contributed by atoms with Gasteiger partial charge in [0.25, 0.3) is 5.91 Å². The normalized spacial score (nSPS) is 17.2. The Balaban J connectivity index is 1.65. The van der Waals surface area contributed by atoms with Gasteiger partial charge in [0, 0.05) is 24.3 Å². The third kappa shape index (κ3) is 4.27. The third-order valence-electron chi connectivity index (χ3n) is 4.66. The number of aryl methyl sites for hydroxylation is 2. The van der Waals surface area contributed by atoms with Gasteiger partial charge in [0.15, 0.2) is 0 Å². The standard InChI is InChI=1S/C21H24N2O2/c1-15-8-10-19(11-9-15)22-20(24)18-7-4-12-23(14-18)21(25)17-6-3-5-16(2)13-17/h3,5-6,8-11,13,18H,4,7,12,14H2,1-2H3,(H,22,24)/t18-/m1/s1. The van der Waals surface area contributed by atoms with E-state index in [2.05, 4.69) is 5.32 Å². The first-order chi connectivity index (χ1) is 12.0. The van der Waals surface area contributed by atoms with Crippen molar-refractivity contribution >= 4 is 17.5 Å². The fraction of sp³-hybridized carbons (Fsp3) is 0.333. The summed E-state index contributed by atoms with van der Waals surface area (Å²) in [5.41, 5.74) is 3.72. The van der Waals surface area contributed by atoms with Crippen LogP contribution in [0.15, 0.2) is 48.5 Å². The van der Waals surface area contributed by atoms with E-state index in [1.807, 2.05) is 62.4 Å². The minimum Gasteiger partial charge on any atom is -0.338 e. The van der Waals surface area contributed by atoms with E-state index in [9.17, 15) is 9.59 Å². The average molecular weight is 336 g/mol. The minimum absolute atomic E-state index is 0.00871. The highest BCUT2D eigenvalue weighted by molar-refractivity contribution is 5.96. The van der Waals surface area contributed by atoms with Crippen molar-refractivity contribution in [1.29, 1.82) is 0 Å². The summed E-state index contributed by atoms with van der Waals surface area (Å²) in [7, 11) is 0. The molecule has 1 aliphatic heterocycles. The number of anilines is 1. The summed E-state index contributed by atoms with van der Waals surface area (Å²) in [4.78, 5) is 27.1. The second-order valence-electron chi connectivity index (χ2n) is 6.82. The lowest BCUT2D eigenvalue weighted by Gasteiger charge is -2.32. The quantitative estimate of drug-likeness (QED) is 0.927. The lowest BCUT2D eigenvalue weighted by Crippen LogP contribution is -2.43. The maximum Gasteiger partial charge on any atom is 0.253 e. The van der Waals surface area contributed by atoms with E-state index in [-0.39, 0.29) is 17.7 Å². The number of hydrogen-bond donors (Lipinski definition) is 1. The first kappa shape index (κ1) is 17.2. The lowest BCUT2D eigenvalue weighted by atomic mass is 9.96. The van der Waals surface area contributed by atoms with Crippen molar-refractivity contribution in [2.45, 2.75) is 26.7 Å². The SMILES string of the molecule is Cc1ccc(NC(=O)[C@@H]2CCCN(C(=O)c3cccc(C)c3)C2)cc1. The van der Waals surface area contributed by atoms with Crippen LogP contribution in [0.2, 0.25) is 0 Å². The molecule has 130 valence electrons. The van der Waals surface area contributed by atoms with Crippen LogP contribution in [0.1, 0.15) is 34.3 Å². The van der Waals surface area contributed by atoms with Crippen LogP contribution in [0.4, 0.5) is 5.69 Å². The molecule has 2 aromatic carbocycles. The number of rotatable bonds is 3. The van der Waals surface area contributed by atoms with Gasteiger partial charge >= 0.3 is 0 Å². The zero-order valence-corrected chi connectivity index (χ0v) is 14.8. The van der Waals surface area contributed by atoms with Gasteiger partial charge in [-0.15, -0.1) is 0 Å². The second kappa shape index (κ2) is 7.51. The molecular formula is C21H24N2O2. The minimum atomic E-state index is -0.163. The highest BCUT2D eigenvalue weighted by Crippen LogP contribution is 2.21. The summed E-state index contributed by atoms with van der Waals surface area (Å²) in [6.45, 7) is 5.18. The highest BCUT2D eigenvalue weighted by Gasteiger charge is 2.29. The molecule has 1 saturated heterocycles. The fourth-order valence-corrected chi connectivity index (χ4v) is 3.22. The summed E-state index contributed by atoms with van der Waals surface area (Å²) in [6, 6.07) is 15.4. The molecule has 0 bridgehead atoms. The summed E-state index contributed by atoms with van der Waals surface area (Å²) < 4.78 is 0. The Morgan fingerprint density at radius 2 is 1.80 bits per heavy atom. The van der Waals surface area contributed by atoms with E-state index < -0.39 is 0 Å². The molecule has 4 heteroatoms. The van der Waals surface area contributed by atoms with Crippen LogP contribution in [0.5, 0.6) is 0 Å². The first-order valence-corrected chi connectivity index (χ1v) is 8.76. The molecule has 1 heterocycles. The summed E-state index contributed by atoms with van der Waals surface area (Å²) in [5, 5.41) is 2.97. The molecule has 4 nitrogen and oxygen atoms in total. The largest absolute Gasteiger partial charge is 0.338 e. The number of piperidine rings is 1. The number of nitrogens with zero attached hydrogens (tertiary/aromatic N) is 1. The van der Waals surface area contributed by atoms with E-state index in [1.54, 1.807) is 4.90 Å². The Hall–Kier alpha value is -2.62. The number of carbonyl (C=O) groups is 2. The van der Waals surface area contributed by atoms with Crippen LogP contribution in [0, 0.1) is 19.8 Å². The Morgan fingerprint density at radius 3 is 2.52 bits per heavy atom. The van der Waals surface area contributed by atoms with Gasteiger partial charge in [0.2, 0.25) is 5.91 Å². The molecule has 1 aliphatic rings. The predicted molar refractivity (Wildman–Crippen MR) is 99.6 cm³/mol. The molecule has 0 saturated carbocycles. The molecule has 0 unspecified atom stereocenters. The molecule has 3 rings (SSSR count). The summed E-state index contributed by atoms with van der Waals surface area (Å²) in [5.74, 6) is -0.161. The van der Waals surface area contributed by atoms with Crippen LogP contribution < -0.4 is 5.32 Å². The highest BCUT2D eigenvalue weighted by atomic mass is 16.2. The maximum absolute atomic E-state index is 12.7. The smallest absolute Gasteiger partial charge is 0.253 e. The number of benzene rings is 2. The van der Waals surface area contributed by atoms with Crippen molar-refractivity contribution in [2.75, 3.05) is 18.4 Å². The van der Waals surface area contributed by atoms with Crippen molar-refractivity contribution in [3.05, 3.63) is 65.2 Å². The maximum atomic E-state index is 12.7. The van der Waals surface area contributed by atoms with Gasteiger partial charge in [-0.25, -0.2) is 0 Å². The van der Waals surface area contributed by atoms with E-state index in [4.69, 9.17) is 0 Å². The number of likely N-dealkylation sites (tertiary alicyclic amines) is 1. The van der Waals surface area contributed by atoms with Crippen molar-refractivity contribution in [3.8, 4) is 0 Å². The molecule has 0 aromatic heterocycles. The Kier molecular flexibility index (Phi) is 5.17. The Morgan fingerprint density at radius 1 is 1.04 bits per heavy atom. The van der Waals surface area contributed by atoms with Gasteiger partial charge in [0.1, 0.15) is 0 Å². The summed E-state index contributed by atoms with van der Waals surface area (Å²) in [6.07, 6.45) is 1.67. The first-order valence-electron chi connectivity index (χ1n) is 8.76. The number of amides is 2. The van der Waals surface area contributed by atoms with E-state index >= 15 is 0 Å². The summed E-state index contributed by atoms with van der Waals surface area (Å²) >= 11 is 0. The van der Waals surface area contributed by atoms with Gasteiger partial charge in [-0.2, -0.15) is 0 Å². The van der Waals surface area contributed by atoms with E-state index in [0.717, 1.165) is 29.7 Å². The third-order valence-corrected chi connectivity index (χ3v) is 4.66. The van der Waals surface area contributed by atoms with Crippen molar-refractivity contribution in [2.24, 2.45) is 5.92 Å². The second-order valence-corrected chi connectivity index (χ2v) is 6.82. The lowest BCUT2D eigenvalue weighted by molar-refractivity contribution is -0.121. The van der Waals surface area contributed by atoms with Crippen LogP contribution in [-0.4, -0.2) is 29.8 Å². The predicted octanol–water partition coefficient (Wildman–Crippen LogP) is 3.79. The number of carbonyl (C=O) groups excluding carboxylic acids is 2. The zero-order chi connectivity index (χ0) is 17.8. The monoisotopic (exact) mass is 336 g/mol. The van der Waals surface area contributed by atoms with Crippen molar-refractivity contribution in [1.82, 2.24) is 4.90 Å². The van der Waals surface area contributed by atoms with Gasteiger partial charge < -0.3 is 10.2 Å². The zero-order valence-electron chi connectivity index (χ0n) is 14.8. The molecule has 1 atom stereocenters. The van der Waals surface area contributed by atoms with E-state index in [1.165, 1.54) is 0 Å². The van der Waals surface area contributed by atoms with Crippen LogP contribution in [0.25, 0.3) is 0 Å². The Bertz CT molecular complexity index is 768. The van der Waals surface area contributed by atoms with Crippen LogP contribution in [0.3, 0.4) is 0 Å². The molecule has 1 N–H and O–H groups in total. The fourth-order valence-electron chi connectivity index (χ4n) is 3.22. The molecule has 2 amide bonds. The molecule has 25 heavy (non-hydrogen) atoms. The topological polar surface area (TPSA) is 49.4 Å². The van der Waals surface area contributed by atoms with Crippen molar-refractivity contribution in [3.63, 3.8) is 0 Å².